The maximum absolute atomic E-state index is 11.9. The lowest BCUT2D eigenvalue weighted by Crippen LogP contribution is -2.24. The van der Waals surface area contributed by atoms with Crippen molar-refractivity contribution in [3.63, 3.8) is 0 Å². The van der Waals surface area contributed by atoms with E-state index in [2.05, 4.69) is 26.7 Å². The van der Waals surface area contributed by atoms with Gasteiger partial charge >= 0.3 is 0 Å². The van der Waals surface area contributed by atoms with Crippen molar-refractivity contribution in [1.29, 1.82) is 5.26 Å². The van der Waals surface area contributed by atoms with Crippen LogP contribution in [0.3, 0.4) is 0 Å². The molecule has 7 heteroatoms. The van der Waals surface area contributed by atoms with Crippen LogP contribution < -0.4 is 10.1 Å². The van der Waals surface area contributed by atoms with Crippen LogP contribution in [0.25, 0.3) is 10.9 Å². The first-order valence-corrected chi connectivity index (χ1v) is 10.2. The first-order chi connectivity index (χ1) is 12.8. The fourth-order valence-corrected chi connectivity index (χ4v) is 4.52. The Morgan fingerprint density at radius 2 is 2.22 bits per heavy atom. The Morgan fingerprint density at radius 1 is 1.44 bits per heavy atom. The highest BCUT2D eigenvalue weighted by Gasteiger charge is 2.23. The van der Waals surface area contributed by atoms with E-state index in [1.165, 1.54) is 6.20 Å². The van der Waals surface area contributed by atoms with Crippen LogP contribution >= 0.6 is 10.5 Å². The van der Waals surface area contributed by atoms with E-state index < -0.39 is 10.5 Å². The summed E-state index contributed by atoms with van der Waals surface area (Å²) in [4.78, 5) is 20.9. The van der Waals surface area contributed by atoms with Crippen molar-refractivity contribution in [2.24, 2.45) is 4.99 Å². The number of pyridine rings is 1. The van der Waals surface area contributed by atoms with Gasteiger partial charge in [0.25, 0.3) is 0 Å². The molecule has 0 spiro atoms. The molecular weight excluding hydrogens is 360 g/mol. The summed E-state index contributed by atoms with van der Waals surface area (Å²) < 4.78 is 5.71. The zero-order chi connectivity index (χ0) is 19.6. The van der Waals surface area contributed by atoms with Crippen molar-refractivity contribution in [2.45, 2.75) is 33.2 Å². The van der Waals surface area contributed by atoms with Gasteiger partial charge in [-0.1, -0.05) is 6.07 Å². The topological polar surface area (TPSA) is 87.4 Å². The molecule has 0 saturated carbocycles. The van der Waals surface area contributed by atoms with Crippen LogP contribution in [-0.4, -0.2) is 39.3 Å². The van der Waals surface area contributed by atoms with Crippen molar-refractivity contribution >= 4 is 37.8 Å². The summed E-state index contributed by atoms with van der Waals surface area (Å²) in [5.74, 6) is 0.941. The largest absolute Gasteiger partial charge is 0.492 e. The summed E-state index contributed by atoms with van der Waals surface area (Å²) in [7, 11) is -0.415. The Hall–Kier alpha value is -2.72. The molecule has 1 amide bonds. The highest BCUT2D eigenvalue weighted by Crippen LogP contribution is 2.30. The van der Waals surface area contributed by atoms with Crippen LogP contribution in [0.1, 0.15) is 38.8 Å². The molecule has 1 N–H and O–H groups in total. The van der Waals surface area contributed by atoms with Gasteiger partial charge in [-0.15, -0.1) is 10.5 Å². The van der Waals surface area contributed by atoms with Crippen LogP contribution in [0.15, 0.2) is 29.4 Å². The number of benzene rings is 1. The zero-order valence-electron chi connectivity index (χ0n) is 15.9. The Labute approximate surface area is 161 Å². The molecule has 1 aromatic carbocycles. The number of carbonyl (C=O) groups excluding carboxylic acids is 1. The van der Waals surface area contributed by atoms with Crippen LogP contribution in [0.4, 0.5) is 0 Å². The van der Waals surface area contributed by atoms with Crippen molar-refractivity contribution in [1.82, 2.24) is 10.3 Å². The number of rotatable bonds is 3. The third kappa shape index (κ3) is 4.34. The number of amides is 1. The Morgan fingerprint density at radius 3 is 2.89 bits per heavy atom. The van der Waals surface area contributed by atoms with Crippen LogP contribution in [0, 0.1) is 11.3 Å². The van der Waals surface area contributed by atoms with Gasteiger partial charge in [0.05, 0.1) is 23.4 Å². The molecule has 1 aliphatic heterocycles. The van der Waals surface area contributed by atoms with Gasteiger partial charge in [-0.3, -0.25) is 14.8 Å². The number of hydrogen-bond acceptors (Lipinski definition) is 5. The SMILES string of the molecule is CCOc1c(C#N)cnc2ccc(C=S3CC(=O)NC3=NC(C)(C)C)cc12. The predicted octanol–water partition coefficient (Wildman–Crippen LogP) is 3.21. The number of amidine groups is 1. The van der Waals surface area contributed by atoms with E-state index in [1.54, 1.807) is 0 Å². The second kappa shape index (κ2) is 7.49. The molecule has 0 bridgehead atoms. The highest BCUT2D eigenvalue weighted by atomic mass is 32.2. The smallest absolute Gasteiger partial charge is 0.235 e. The van der Waals surface area contributed by atoms with E-state index in [1.807, 2.05) is 45.9 Å². The van der Waals surface area contributed by atoms with Crippen molar-refractivity contribution < 1.29 is 9.53 Å². The molecule has 2 heterocycles. The van der Waals surface area contributed by atoms with E-state index in [-0.39, 0.29) is 11.4 Å². The number of aromatic nitrogens is 1. The minimum absolute atomic E-state index is 0.0122. The summed E-state index contributed by atoms with van der Waals surface area (Å²) in [5, 5.41) is 15.8. The number of nitrogens with one attached hydrogen (secondary N) is 1. The minimum Gasteiger partial charge on any atom is -0.492 e. The molecule has 1 saturated heterocycles. The molecule has 1 aromatic heterocycles. The molecule has 2 aromatic rings. The number of nitriles is 1. The fraction of sp³-hybridized carbons (Fsp3) is 0.350. The van der Waals surface area contributed by atoms with Crippen molar-refractivity contribution in [3.8, 4) is 11.8 Å². The van der Waals surface area contributed by atoms with Crippen LogP contribution in [0.5, 0.6) is 5.75 Å². The molecule has 3 rings (SSSR count). The van der Waals surface area contributed by atoms with Gasteiger partial charge in [0.2, 0.25) is 5.91 Å². The molecule has 27 heavy (non-hydrogen) atoms. The van der Waals surface area contributed by atoms with Gasteiger partial charge in [-0.2, -0.15) is 5.26 Å². The minimum atomic E-state index is -0.415. The first kappa shape index (κ1) is 19.1. The van der Waals surface area contributed by atoms with Gasteiger partial charge < -0.3 is 10.1 Å². The lowest BCUT2D eigenvalue weighted by Gasteiger charge is -2.14. The Balaban J connectivity index is 2.10. The van der Waals surface area contributed by atoms with E-state index in [0.717, 1.165) is 21.6 Å². The van der Waals surface area contributed by atoms with E-state index in [9.17, 15) is 10.1 Å². The molecule has 1 unspecified atom stereocenters. The quantitative estimate of drug-likeness (QED) is 0.826. The summed E-state index contributed by atoms with van der Waals surface area (Å²) in [5.41, 5.74) is 1.86. The maximum Gasteiger partial charge on any atom is 0.235 e. The monoisotopic (exact) mass is 382 g/mol. The van der Waals surface area contributed by atoms with E-state index >= 15 is 0 Å². The van der Waals surface area contributed by atoms with Gasteiger partial charge in [-0.05, 0) is 50.8 Å². The van der Waals surface area contributed by atoms with Gasteiger partial charge in [0.1, 0.15) is 17.4 Å². The predicted molar refractivity (Wildman–Crippen MR) is 111 cm³/mol. The molecule has 140 valence electrons. The molecule has 1 aliphatic rings. The number of carbonyl (C=O) groups is 1. The standard InChI is InChI=1S/C20H22N4O2S/c1-5-26-18-14(9-21)10-22-16-7-6-13(8-15(16)18)11-27-12-17(25)23-19(27)24-20(2,3)4/h6-8,10-11H,5,12H2,1-4H3,(H,23,24,25). The third-order valence-electron chi connectivity index (χ3n) is 3.75. The average Bonchev–Trinajstić information content (AvgIpc) is 2.92. The van der Waals surface area contributed by atoms with Gasteiger partial charge in [-0.25, -0.2) is 0 Å². The molecule has 0 radical (unpaired) electrons. The van der Waals surface area contributed by atoms with Gasteiger partial charge in [0.15, 0.2) is 5.17 Å². The normalized spacial score (nSPS) is 18.7. The Kier molecular flexibility index (Phi) is 5.29. The van der Waals surface area contributed by atoms with Crippen molar-refractivity contribution in [3.05, 3.63) is 35.5 Å². The van der Waals surface area contributed by atoms with Gasteiger partial charge in [0, 0.05) is 11.6 Å². The maximum atomic E-state index is 11.9. The fourth-order valence-electron chi connectivity index (χ4n) is 2.72. The number of hydrogen-bond donors (Lipinski definition) is 1. The molecule has 1 fully saturated rings. The first-order valence-electron chi connectivity index (χ1n) is 8.70. The Bertz CT molecular complexity index is 1010. The molecule has 1 atom stereocenters. The number of fused-ring (bicyclic) bond motifs is 1. The zero-order valence-corrected chi connectivity index (χ0v) is 16.7. The summed E-state index contributed by atoms with van der Waals surface area (Å²) in [6.45, 7) is 8.37. The summed E-state index contributed by atoms with van der Waals surface area (Å²) >= 11 is 0. The molecule has 6 nitrogen and oxygen atoms in total. The number of nitrogens with zero attached hydrogens (tertiary/aromatic N) is 3. The van der Waals surface area contributed by atoms with E-state index in [4.69, 9.17) is 4.74 Å². The third-order valence-corrected chi connectivity index (χ3v) is 5.57. The van der Waals surface area contributed by atoms with Crippen LogP contribution in [0.2, 0.25) is 0 Å². The highest BCUT2D eigenvalue weighted by molar-refractivity contribution is 8.29. The second-order valence-corrected chi connectivity index (χ2v) is 8.92. The lowest BCUT2D eigenvalue weighted by atomic mass is 10.1. The molecule has 0 aliphatic carbocycles. The summed E-state index contributed by atoms with van der Waals surface area (Å²) in [6, 6.07) is 7.95. The number of aliphatic imine (C=N–C) groups is 1. The summed E-state index contributed by atoms with van der Waals surface area (Å²) in [6.07, 6.45) is 1.53. The average molecular weight is 382 g/mol. The van der Waals surface area contributed by atoms with E-state index in [0.29, 0.717) is 23.7 Å². The number of ether oxygens (including phenoxy) is 1. The second-order valence-electron chi connectivity index (χ2n) is 7.15. The molecular formula is C20H22N4O2S. The van der Waals surface area contributed by atoms with Crippen molar-refractivity contribution in [2.75, 3.05) is 12.4 Å². The van der Waals surface area contributed by atoms with Crippen LogP contribution in [-0.2, 0) is 4.79 Å². The lowest BCUT2D eigenvalue weighted by molar-refractivity contribution is -0.116.